The molecular weight excluding hydrogens is 439 g/mol. The number of hydrogen-bond acceptors (Lipinski definition) is 6. The summed E-state index contributed by atoms with van der Waals surface area (Å²) in [5.41, 5.74) is 0.288. The quantitative estimate of drug-likeness (QED) is 0.652. The summed E-state index contributed by atoms with van der Waals surface area (Å²) < 4.78 is 76.7. The van der Waals surface area contributed by atoms with Gasteiger partial charge < -0.3 is 14.4 Å². The average Bonchev–Trinajstić information content (AvgIpc) is 2.72. The highest BCUT2D eigenvalue weighted by atomic mass is 32.2. The van der Waals surface area contributed by atoms with Crippen LogP contribution in [0, 0.1) is 5.82 Å². The van der Waals surface area contributed by atoms with Gasteiger partial charge in [0.15, 0.2) is 12.4 Å². The summed E-state index contributed by atoms with van der Waals surface area (Å²) in [5, 5.41) is 0. The van der Waals surface area contributed by atoms with E-state index in [1.54, 1.807) is 11.0 Å². The smallest absolute Gasteiger partial charge is 0.272 e. The van der Waals surface area contributed by atoms with Gasteiger partial charge in [0.05, 0.1) is 12.0 Å². The molecule has 1 amide bonds. The molecule has 0 bridgehead atoms. The van der Waals surface area contributed by atoms with Crippen LogP contribution in [0.2, 0.25) is 0 Å². The number of rotatable bonds is 8. The van der Waals surface area contributed by atoms with Crippen molar-refractivity contribution in [3.63, 3.8) is 0 Å². The van der Waals surface area contributed by atoms with Crippen molar-refractivity contribution in [2.45, 2.75) is 24.7 Å². The number of nitrogens with one attached hydrogen (secondary N) is 1. The maximum atomic E-state index is 14.2. The number of carbonyl (C=O) groups is 1. The van der Waals surface area contributed by atoms with Gasteiger partial charge in [-0.15, -0.1) is 0 Å². The molecule has 0 atom stereocenters. The number of amides is 1. The zero-order valence-corrected chi connectivity index (χ0v) is 17.5. The van der Waals surface area contributed by atoms with Gasteiger partial charge in [0.1, 0.15) is 5.69 Å². The molecule has 0 saturated heterocycles. The lowest BCUT2D eigenvalue weighted by Crippen LogP contribution is -2.38. The molecule has 1 aromatic heterocycles. The summed E-state index contributed by atoms with van der Waals surface area (Å²) in [6.45, 7) is 1.60. The fourth-order valence-corrected chi connectivity index (χ4v) is 4.56. The third-order valence-corrected chi connectivity index (χ3v) is 6.10. The summed E-state index contributed by atoms with van der Waals surface area (Å²) in [7, 11) is -3.11. The molecule has 0 aliphatic carbocycles. The van der Waals surface area contributed by atoms with Crippen LogP contribution in [0.3, 0.4) is 0 Å². The standard InChI is InChI=1S/C19H20F3N3O5S/c1-3-25-8-7-11-12(19(25)26)5-4-6-15(11)31(27,28)24-14-9-13(20)17(23-18(14)29-2)30-10-16(21)22/h4-6,9,16,24H,3,7-8,10H2,1-2H3. The number of benzene rings is 1. The Labute approximate surface area is 177 Å². The Morgan fingerprint density at radius 3 is 2.68 bits per heavy atom. The summed E-state index contributed by atoms with van der Waals surface area (Å²) in [5.74, 6) is -2.54. The van der Waals surface area contributed by atoms with Crippen LogP contribution in [-0.4, -0.2) is 57.4 Å². The maximum Gasteiger partial charge on any atom is 0.272 e. The molecule has 8 nitrogen and oxygen atoms in total. The Hall–Kier alpha value is -3.02. The van der Waals surface area contributed by atoms with Crippen molar-refractivity contribution in [1.29, 1.82) is 0 Å². The summed E-state index contributed by atoms with van der Waals surface area (Å²) in [6, 6.07) is 5.06. The summed E-state index contributed by atoms with van der Waals surface area (Å²) in [6.07, 6.45) is -2.52. The minimum absolute atomic E-state index is 0.130. The van der Waals surface area contributed by atoms with Crippen LogP contribution in [0.15, 0.2) is 29.2 Å². The molecule has 1 aliphatic heterocycles. The lowest BCUT2D eigenvalue weighted by molar-refractivity contribution is 0.0747. The van der Waals surface area contributed by atoms with Gasteiger partial charge in [0, 0.05) is 24.7 Å². The molecular formula is C19H20F3N3O5S. The fourth-order valence-electron chi connectivity index (χ4n) is 3.22. The van der Waals surface area contributed by atoms with Gasteiger partial charge in [-0.1, -0.05) is 6.07 Å². The molecule has 2 heterocycles. The second kappa shape index (κ2) is 9.00. The number of likely N-dealkylation sites (N-methyl/N-ethyl adjacent to an activating group) is 1. The molecule has 12 heteroatoms. The van der Waals surface area contributed by atoms with Gasteiger partial charge in [-0.05, 0) is 31.0 Å². The minimum atomic E-state index is -4.26. The number of aromatic nitrogens is 1. The Morgan fingerprint density at radius 1 is 1.29 bits per heavy atom. The van der Waals surface area contributed by atoms with Gasteiger partial charge in [-0.3, -0.25) is 9.52 Å². The number of carbonyl (C=O) groups excluding carboxylic acids is 1. The topological polar surface area (TPSA) is 97.8 Å². The van der Waals surface area contributed by atoms with E-state index in [2.05, 4.69) is 14.4 Å². The molecule has 1 N–H and O–H groups in total. The van der Waals surface area contributed by atoms with Crippen LogP contribution in [0.4, 0.5) is 18.9 Å². The van der Waals surface area contributed by atoms with E-state index in [9.17, 15) is 26.4 Å². The zero-order valence-electron chi connectivity index (χ0n) is 16.7. The van der Waals surface area contributed by atoms with E-state index >= 15 is 0 Å². The average molecular weight is 459 g/mol. The summed E-state index contributed by atoms with van der Waals surface area (Å²) >= 11 is 0. The van der Waals surface area contributed by atoms with Crippen molar-refractivity contribution in [3.8, 4) is 11.8 Å². The molecule has 0 unspecified atom stereocenters. The SMILES string of the molecule is CCN1CCc2c(cccc2S(=O)(=O)Nc2cc(F)c(OCC(F)F)nc2OC)C1=O. The first-order valence-electron chi connectivity index (χ1n) is 9.27. The number of hydrogen-bond donors (Lipinski definition) is 1. The lowest BCUT2D eigenvalue weighted by Gasteiger charge is -2.28. The second-order valence-corrected chi connectivity index (χ2v) is 8.21. The first-order valence-corrected chi connectivity index (χ1v) is 10.8. The van der Waals surface area contributed by atoms with Gasteiger partial charge in [0.2, 0.25) is 5.88 Å². The molecule has 0 saturated carbocycles. The first kappa shape index (κ1) is 22.7. The van der Waals surface area contributed by atoms with Crippen molar-refractivity contribution in [1.82, 2.24) is 9.88 Å². The highest BCUT2D eigenvalue weighted by molar-refractivity contribution is 7.92. The number of nitrogens with zero attached hydrogens (tertiary/aromatic N) is 2. The van der Waals surface area contributed by atoms with Crippen LogP contribution in [0.5, 0.6) is 11.8 Å². The minimum Gasteiger partial charge on any atom is -0.479 e. The van der Waals surface area contributed by atoms with E-state index in [0.29, 0.717) is 25.1 Å². The number of pyridine rings is 1. The Kier molecular flexibility index (Phi) is 6.58. The molecule has 3 rings (SSSR count). The van der Waals surface area contributed by atoms with Crippen LogP contribution < -0.4 is 14.2 Å². The number of sulfonamides is 1. The molecule has 1 aromatic carbocycles. The monoisotopic (exact) mass is 459 g/mol. The Morgan fingerprint density at radius 2 is 2.03 bits per heavy atom. The van der Waals surface area contributed by atoms with Gasteiger partial charge in [-0.25, -0.2) is 21.6 Å². The highest BCUT2D eigenvalue weighted by Gasteiger charge is 2.30. The zero-order chi connectivity index (χ0) is 22.8. The Balaban J connectivity index is 1.96. The van der Waals surface area contributed by atoms with E-state index < -0.39 is 34.8 Å². The van der Waals surface area contributed by atoms with Crippen LogP contribution in [-0.2, 0) is 16.4 Å². The number of methoxy groups -OCH3 is 1. The van der Waals surface area contributed by atoms with Gasteiger partial charge >= 0.3 is 0 Å². The highest BCUT2D eigenvalue weighted by Crippen LogP contribution is 2.32. The number of anilines is 1. The molecule has 0 spiro atoms. The van der Waals surface area contributed by atoms with Crippen molar-refractivity contribution in [3.05, 3.63) is 41.2 Å². The molecule has 168 valence electrons. The van der Waals surface area contributed by atoms with E-state index in [0.717, 1.165) is 13.2 Å². The lowest BCUT2D eigenvalue weighted by atomic mass is 9.99. The summed E-state index contributed by atoms with van der Waals surface area (Å²) in [4.78, 5) is 17.6. The van der Waals surface area contributed by atoms with E-state index in [1.807, 2.05) is 6.92 Å². The van der Waals surface area contributed by atoms with E-state index in [4.69, 9.17) is 4.74 Å². The molecule has 31 heavy (non-hydrogen) atoms. The predicted octanol–water partition coefficient (Wildman–Crippen LogP) is 2.69. The van der Waals surface area contributed by atoms with Gasteiger partial charge in [0.25, 0.3) is 28.2 Å². The van der Waals surface area contributed by atoms with Crippen molar-refractivity contribution >= 4 is 21.6 Å². The van der Waals surface area contributed by atoms with E-state index in [-0.39, 0.29) is 27.9 Å². The molecule has 1 aliphatic rings. The van der Waals surface area contributed by atoms with Gasteiger partial charge in [-0.2, -0.15) is 4.98 Å². The number of alkyl halides is 2. The number of fused-ring (bicyclic) bond motifs is 1. The second-order valence-electron chi connectivity index (χ2n) is 6.56. The Bertz CT molecular complexity index is 1100. The van der Waals surface area contributed by atoms with Crippen molar-refractivity contribution in [2.24, 2.45) is 0 Å². The largest absolute Gasteiger partial charge is 0.479 e. The predicted molar refractivity (Wildman–Crippen MR) is 105 cm³/mol. The van der Waals surface area contributed by atoms with Crippen molar-refractivity contribution in [2.75, 3.05) is 31.5 Å². The molecule has 0 fully saturated rings. The third kappa shape index (κ3) is 4.68. The van der Waals surface area contributed by atoms with Crippen molar-refractivity contribution < 1.29 is 35.9 Å². The van der Waals surface area contributed by atoms with Crippen LogP contribution in [0.25, 0.3) is 0 Å². The third-order valence-electron chi connectivity index (χ3n) is 4.65. The number of ether oxygens (including phenoxy) is 2. The fraction of sp³-hybridized carbons (Fsp3) is 0.368. The molecule has 0 radical (unpaired) electrons. The molecule has 2 aromatic rings. The van der Waals surface area contributed by atoms with Crippen LogP contribution >= 0.6 is 0 Å². The first-order chi connectivity index (χ1) is 14.7. The maximum absolute atomic E-state index is 14.2. The number of halogens is 3. The van der Waals surface area contributed by atoms with E-state index in [1.165, 1.54) is 12.1 Å². The normalized spacial score (nSPS) is 13.9. The van der Waals surface area contributed by atoms with Crippen LogP contribution in [0.1, 0.15) is 22.8 Å².